The molecule has 0 aliphatic heterocycles. The number of nitrogens with zero attached hydrogens (tertiary/aromatic N) is 1. The lowest BCUT2D eigenvalue weighted by molar-refractivity contribution is -0.145. The maximum Gasteiger partial charge on any atom is 0.327 e. The van der Waals surface area contributed by atoms with Gasteiger partial charge in [-0.25, -0.2) is 8.42 Å². The van der Waals surface area contributed by atoms with Gasteiger partial charge in [-0.15, -0.1) is 0 Å². The van der Waals surface area contributed by atoms with Gasteiger partial charge in [0.05, 0.1) is 17.8 Å². The first-order valence-electron chi connectivity index (χ1n) is 12.2. The highest BCUT2D eigenvalue weighted by atomic mass is 32.2. The second-order valence-corrected chi connectivity index (χ2v) is 11.0. The van der Waals surface area contributed by atoms with Gasteiger partial charge >= 0.3 is 5.97 Å². The standard InChI is InChI=1S/C28H35NO6S/c1-5-29(6-2)18-20-34-24-14-10-22(11-15-24)21-28(4,27(30)33-7-3)36(31,32)25-16-12-23(13-17-25)26-9-8-19-35-26/h8-17,19H,5-7,18,20-21H2,1-4H3. The lowest BCUT2D eigenvalue weighted by Gasteiger charge is -2.27. The van der Waals surface area contributed by atoms with Crippen LogP contribution in [-0.2, 0) is 25.8 Å². The highest BCUT2D eigenvalue weighted by Gasteiger charge is 2.48. The number of ether oxygens (including phenoxy) is 2. The van der Waals surface area contributed by atoms with Gasteiger partial charge in [0.1, 0.15) is 18.1 Å². The zero-order valence-corrected chi connectivity index (χ0v) is 22.2. The van der Waals surface area contributed by atoms with Crippen LogP contribution in [0, 0.1) is 0 Å². The van der Waals surface area contributed by atoms with Gasteiger partial charge in [0.15, 0.2) is 14.6 Å². The molecule has 36 heavy (non-hydrogen) atoms. The van der Waals surface area contributed by atoms with E-state index in [2.05, 4.69) is 18.7 Å². The Morgan fingerprint density at radius 3 is 2.19 bits per heavy atom. The van der Waals surface area contributed by atoms with Gasteiger partial charge in [0.2, 0.25) is 0 Å². The Balaban J connectivity index is 1.81. The van der Waals surface area contributed by atoms with E-state index in [-0.39, 0.29) is 17.9 Å². The van der Waals surface area contributed by atoms with Crippen LogP contribution >= 0.6 is 0 Å². The largest absolute Gasteiger partial charge is 0.492 e. The summed E-state index contributed by atoms with van der Waals surface area (Å²) in [5.41, 5.74) is 1.44. The fourth-order valence-corrected chi connectivity index (χ4v) is 5.64. The minimum absolute atomic E-state index is 0.0339. The summed E-state index contributed by atoms with van der Waals surface area (Å²) in [6.07, 6.45) is 1.52. The van der Waals surface area contributed by atoms with Crippen LogP contribution in [0.25, 0.3) is 11.3 Å². The molecule has 0 spiro atoms. The van der Waals surface area contributed by atoms with Crippen molar-refractivity contribution < 1.29 is 27.1 Å². The first-order valence-corrected chi connectivity index (χ1v) is 13.7. The molecule has 194 valence electrons. The van der Waals surface area contributed by atoms with Crippen LogP contribution < -0.4 is 4.74 Å². The van der Waals surface area contributed by atoms with E-state index in [9.17, 15) is 13.2 Å². The SMILES string of the molecule is CCOC(=O)C(C)(Cc1ccc(OCCN(CC)CC)cc1)S(=O)(=O)c1ccc(-c2ccco2)cc1. The van der Waals surface area contributed by atoms with Crippen LogP contribution in [0.5, 0.6) is 5.75 Å². The average Bonchev–Trinajstić information content (AvgIpc) is 3.43. The molecule has 0 fully saturated rings. The Bertz CT molecular complexity index is 1200. The molecule has 3 rings (SSSR count). The molecule has 3 aromatic rings. The van der Waals surface area contributed by atoms with Gasteiger partial charge in [0, 0.05) is 18.5 Å². The number of esters is 1. The number of likely N-dealkylation sites (N-methyl/N-ethyl adjacent to an activating group) is 1. The monoisotopic (exact) mass is 513 g/mol. The second kappa shape index (κ2) is 12.2. The lowest BCUT2D eigenvalue weighted by atomic mass is 10.00. The van der Waals surface area contributed by atoms with Crippen LogP contribution in [0.1, 0.15) is 33.3 Å². The number of benzene rings is 2. The maximum atomic E-state index is 13.7. The van der Waals surface area contributed by atoms with E-state index in [1.807, 2.05) is 0 Å². The Labute approximate surface area is 213 Å². The van der Waals surface area contributed by atoms with Crippen molar-refractivity contribution >= 4 is 15.8 Å². The van der Waals surface area contributed by atoms with Gasteiger partial charge in [-0.1, -0.05) is 26.0 Å². The van der Waals surface area contributed by atoms with E-state index in [1.165, 1.54) is 19.1 Å². The van der Waals surface area contributed by atoms with Crippen molar-refractivity contribution in [3.05, 3.63) is 72.5 Å². The molecule has 7 nitrogen and oxygen atoms in total. The normalized spacial score (nSPS) is 13.4. The van der Waals surface area contributed by atoms with Crippen molar-refractivity contribution in [2.45, 2.75) is 43.8 Å². The molecule has 1 heterocycles. The first kappa shape index (κ1) is 27.5. The van der Waals surface area contributed by atoms with Gasteiger partial charge < -0.3 is 18.8 Å². The average molecular weight is 514 g/mol. The van der Waals surface area contributed by atoms with Crippen molar-refractivity contribution in [1.82, 2.24) is 4.90 Å². The summed E-state index contributed by atoms with van der Waals surface area (Å²) in [4.78, 5) is 15.3. The zero-order chi connectivity index (χ0) is 26.2. The third kappa shape index (κ3) is 6.17. The van der Waals surface area contributed by atoms with Crippen LogP contribution in [-0.4, -0.2) is 56.9 Å². The Kier molecular flexibility index (Phi) is 9.34. The van der Waals surface area contributed by atoms with Crippen molar-refractivity contribution in [3.63, 3.8) is 0 Å². The number of hydrogen-bond donors (Lipinski definition) is 0. The predicted molar refractivity (Wildman–Crippen MR) is 140 cm³/mol. The summed E-state index contributed by atoms with van der Waals surface area (Å²) < 4.78 is 42.1. The number of furan rings is 1. The fraction of sp³-hybridized carbons (Fsp3) is 0.393. The summed E-state index contributed by atoms with van der Waals surface area (Å²) >= 11 is 0. The maximum absolute atomic E-state index is 13.7. The van der Waals surface area contributed by atoms with E-state index < -0.39 is 20.6 Å². The number of sulfone groups is 1. The Hall–Kier alpha value is -3.10. The molecule has 0 aliphatic rings. The van der Waals surface area contributed by atoms with Crippen LogP contribution in [0.2, 0.25) is 0 Å². The van der Waals surface area contributed by atoms with Crippen LogP contribution in [0.4, 0.5) is 0 Å². The molecular formula is C28H35NO6S. The van der Waals surface area contributed by atoms with Gasteiger partial charge in [-0.05, 0) is 81.0 Å². The summed E-state index contributed by atoms with van der Waals surface area (Å²) in [6.45, 7) is 10.7. The zero-order valence-electron chi connectivity index (χ0n) is 21.4. The minimum Gasteiger partial charge on any atom is -0.492 e. The third-order valence-corrected chi connectivity index (χ3v) is 8.70. The molecule has 1 aromatic heterocycles. The van der Waals surface area contributed by atoms with Gasteiger partial charge in [0.25, 0.3) is 0 Å². The van der Waals surface area contributed by atoms with Crippen molar-refractivity contribution in [2.24, 2.45) is 0 Å². The van der Waals surface area contributed by atoms with Crippen LogP contribution in [0.3, 0.4) is 0 Å². The van der Waals surface area contributed by atoms with Crippen molar-refractivity contribution in [1.29, 1.82) is 0 Å². The molecule has 0 amide bonds. The fourth-order valence-electron chi connectivity index (χ4n) is 3.99. The molecule has 0 saturated heterocycles. The molecule has 0 aliphatic carbocycles. The molecule has 0 saturated carbocycles. The summed E-state index contributed by atoms with van der Waals surface area (Å²) in [7, 11) is -4.09. The summed E-state index contributed by atoms with van der Waals surface area (Å²) in [5, 5.41) is 0. The highest BCUT2D eigenvalue weighted by Crippen LogP contribution is 2.33. The Morgan fingerprint density at radius 1 is 0.972 bits per heavy atom. The third-order valence-electron chi connectivity index (χ3n) is 6.31. The number of hydrogen-bond acceptors (Lipinski definition) is 7. The van der Waals surface area contributed by atoms with E-state index in [0.29, 0.717) is 23.7 Å². The topological polar surface area (TPSA) is 86.0 Å². The van der Waals surface area contributed by atoms with E-state index in [1.54, 1.807) is 61.7 Å². The van der Waals surface area contributed by atoms with Gasteiger partial charge in [-0.3, -0.25) is 4.79 Å². The van der Waals surface area contributed by atoms with Gasteiger partial charge in [-0.2, -0.15) is 0 Å². The Morgan fingerprint density at radius 2 is 1.64 bits per heavy atom. The van der Waals surface area contributed by atoms with Crippen LogP contribution in [0.15, 0.2) is 76.2 Å². The predicted octanol–water partition coefficient (Wildman–Crippen LogP) is 5.01. The van der Waals surface area contributed by atoms with E-state index in [0.717, 1.165) is 25.2 Å². The smallest absolute Gasteiger partial charge is 0.327 e. The van der Waals surface area contributed by atoms with Crippen molar-refractivity contribution in [2.75, 3.05) is 32.8 Å². The number of carbonyl (C=O) groups is 1. The van der Waals surface area contributed by atoms with Crippen molar-refractivity contribution in [3.8, 4) is 17.1 Å². The first-order chi connectivity index (χ1) is 17.2. The number of rotatable bonds is 13. The number of carbonyl (C=O) groups excluding carboxylic acids is 1. The minimum atomic E-state index is -4.09. The molecular weight excluding hydrogens is 478 g/mol. The molecule has 0 radical (unpaired) electrons. The van der Waals surface area contributed by atoms with E-state index in [4.69, 9.17) is 13.9 Å². The summed E-state index contributed by atoms with van der Waals surface area (Å²) in [6, 6.07) is 17.1. The molecule has 8 heteroatoms. The molecule has 0 N–H and O–H groups in total. The highest BCUT2D eigenvalue weighted by molar-refractivity contribution is 7.93. The van der Waals surface area contributed by atoms with E-state index >= 15 is 0 Å². The molecule has 0 bridgehead atoms. The second-order valence-electron chi connectivity index (χ2n) is 8.65. The molecule has 2 aromatic carbocycles. The molecule has 1 unspecified atom stereocenters. The quantitative estimate of drug-likeness (QED) is 0.297. The molecule has 1 atom stereocenters. The summed E-state index contributed by atoms with van der Waals surface area (Å²) in [5.74, 6) is 0.547. The lowest BCUT2D eigenvalue weighted by Crippen LogP contribution is -2.46.